The van der Waals surface area contributed by atoms with Gasteiger partial charge in [0.2, 0.25) is 0 Å². The van der Waals surface area contributed by atoms with Gasteiger partial charge in [0, 0.05) is 12.7 Å². The van der Waals surface area contributed by atoms with Crippen LogP contribution < -0.4 is 16.7 Å². The van der Waals surface area contributed by atoms with Crippen molar-refractivity contribution in [2.45, 2.75) is 13.5 Å². The quantitative estimate of drug-likeness (QED) is 0.350. The van der Waals surface area contributed by atoms with Crippen molar-refractivity contribution in [3.05, 3.63) is 29.3 Å². The van der Waals surface area contributed by atoms with Gasteiger partial charge in [-0.1, -0.05) is 12.1 Å². The summed E-state index contributed by atoms with van der Waals surface area (Å²) < 4.78 is 10.1. The number of amidine groups is 1. The van der Waals surface area contributed by atoms with E-state index in [2.05, 4.69) is 5.10 Å². The Morgan fingerprint density at radius 2 is 2.12 bits per heavy atom. The smallest absolute Gasteiger partial charge is 0.328 e. The van der Waals surface area contributed by atoms with Gasteiger partial charge in [-0.2, -0.15) is 0 Å². The zero-order valence-electron chi connectivity index (χ0n) is 10.3. The van der Waals surface area contributed by atoms with Gasteiger partial charge >= 0.3 is 6.02 Å². The molecule has 17 heavy (non-hydrogen) atoms. The molecule has 4 N–H and O–H groups in total. The molecule has 0 aliphatic heterocycles. The van der Waals surface area contributed by atoms with Gasteiger partial charge in [-0.3, -0.25) is 0 Å². The van der Waals surface area contributed by atoms with Crippen molar-refractivity contribution < 1.29 is 9.47 Å². The average Bonchev–Trinajstić information content (AvgIpc) is 2.33. The second-order valence-electron chi connectivity index (χ2n) is 3.49. The summed E-state index contributed by atoms with van der Waals surface area (Å²) in [6, 6.07) is 5.87. The van der Waals surface area contributed by atoms with E-state index in [1.165, 1.54) is 12.1 Å². The number of benzene rings is 1. The third-order valence-electron chi connectivity index (χ3n) is 2.43. The molecule has 0 aromatic heterocycles. The van der Waals surface area contributed by atoms with Gasteiger partial charge in [0.25, 0.3) is 0 Å². The first-order valence-corrected chi connectivity index (χ1v) is 5.09. The number of anilines is 1. The van der Waals surface area contributed by atoms with Crippen molar-refractivity contribution in [1.82, 2.24) is 0 Å². The highest BCUT2D eigenvalue weighted by Crippen LogP contribution is 2.23. The van der Waals surface area contributed by atoms with Gasteiger partial charge in [-0.05, 0) is 18.6 Å². The first kappa shape index (κ1) is 13.3. The first-order chi connectivity index (χ1) is 8.15. The Kier molecular flexibility index (Phi) is 4.74. The van der Waals surface area contributed by atoms with Gasteiger partial charge in [-0.25, -0.2) is 10.9 Å². The van der Waals surface area contributed by atoms with Crippen LogP contribution in [0.5, 0.6) is 0 Å². The number of hydrazine groups is 1. The highest BCUT2D eigenvalue weighted by molar-refractivity contribution is 5.91. The average molecular weight is 238 g/mol. The molecular weight excluding hydrogens is 220 g/mol. The van der Waals surface area contributed by atoms with Crippen LogP contribution in [0.2, 0.25) is 0 Å². The number of ether oxygens (including phenoxy) is 2. The molecule has 6 heteroatoms. The van der Waals surface area contributed by atoms with Crippen LogP contribution in [0, 0.1) is 6.92 Å². The molecule has 1 aromatic rings. The van der Waals surface area contributed by atoms with Crippen LogP contribution >= 0.6 is 0 Å². The topological polar surface area (TPSA) is 86.1 Å². The summed E-state index contributed by atoms with van der Waals surface area (Å²) in [5.74, 6) is 11.1. The minimum Gasteiger partial charge on any atom is -0.466 e. The second-order valence-corrected chi connectivity index (χ2v) is 3.49. The lowest BCUT2D eigenvalue weighted by Gasteiger charge is -2.22. The zero-order valence-corrected chi connectivity index (χ0v) is 10.3. The monoisotopic (exact) mass is 238 g/mol. The van der Waals surface area contributed by atoms with Crippen LogP contribution in [0.3, 0.4) is 0 Å². The van der Waals surface area contributed by atoms with E-state index in [0.717, 1.165) is 16.8 Å². The number of nitrogens with two attached hydrogens (primary N) is 2. The van der Waals surface area contributed by atoms with E-state index in [1.54, 1.807) is 7.11 Å². The number of hydrogen-bond donors (Lipinski definition) is 2. The van der Waals surface area contributed by atoms with E-state index in [1.807, 2.05) is 25.1 Å². The molecule has 1 aromatic carbocycles. The fraction of sp³-hybridized carbons (Fsp3) is 0.364. The summed E-state index contributed by atoms with van der Waals surface area (Å²) in [5, 5.41) is 4.76. The molecule has 0 spiro atoms. The summed E-state index contributed by atoms with van der Waals surface area (Å²) in [6.45, 7) is 2.44. The third-order valence-corrected chi connectivity index (χ3v) is 2.43. The lowest BCUT2D eigenvalue weighted by atomic mass is 10.1. The van der Waals surface area contributed by atoms with E-state index < -0.39 is 0 Å². The molecule has 0 radical (unpaired) electrons. The summed E-state index contributed by atoms with van der Waals surface area (Å²) in [6.07, 6.45) is 0. The molecule has 0 fully saturated rings. The van der Waals surface area contributed by atoms with Crippen LogP contribution in [-0.4, -0.2) is 20.2 Å². The van der Waals surface area contributed by atoms with Gasteiger partial charge in [0.05, 0.1) is 19.4 Å². The Balaban J connectivity index is 3.16. The molecule has 0 saturated carbocycles. The highest BCUT2D eigenvalue weighted by atomic mass is 16.5. The number of hydrazone groups is 1. The van der Waals surface area contributed by atoms with Crippen LogP contribution in [-0.2, 0) is 16.1 Å². The predicted molar refractivity (Wildman–Crippen MR) is 67.2 cm³/mol. The molecule has 1 rings (SSSR count). The lowest BCUT2D eigenvalue weighted by molar-refractivity contribution is 0.184. The molecule has 6 nitrogen and oxygen atoms in total. The Morgan fingerprint density at radius 1 is 1.41 bits per heavy atom. The fourth-order valence-electron chi connectivity index (χ4n) is 1.56. The van der Waals surface area contributed by atoms with Crippen molar-refractivity contribution in [2.75, 3.05) is 19.2 Å². The summed E-state index contributed by atoms with van der Waals surface area (Å²) in [7, 11) is 3.09. The molecule has 0 heterocycles. The first-order valence-electron chi connectivity index (χ1n) is 5.09. The van der Waals surface area contributed by atoms with E-state index in [9.17, 15) is 0 Å². The molecule has 0 atom stereocenters. The normalized spacial score (nSPS) is 11.4. The van der Waals surface area contributed by atoms with E-state index in [-0.39, 0.29) is 6.02 Å². The van der Waals surface area contributed by atoms with Gasteiger partial charge in [-0.15, -0.1) is 5.10 Å². The van der Waals surface area contributed by atoms with Crippen molar-refractivity contribution in [1.29, 1.82) is 0 Å². The Labute approximate surface area is 101 Å². The van der Waals surface area contributed by atoms with Gasteiger partial charge < -0.3 is 15.3 Å². The highest BCUT2D eigenvalue weighted by Gasteiger charge is 2.15. The third kappa shape index (κ3) is 2.86. The van der Waals surface area contributed by atoms with Crippen LogP contribution in [0.25, 0.3) is 0 Å². The van der Waals surface area contributed by atoms with E-state index >= 15 is 0 Å². The molecule has 0 saturated heterocycles. The zero-order chi connectivity index (χ0) is 12.8. The minimum absolute atomic E-state index is 0.132. The van der Waals surface area contributed by atoms with Crippen LogP contribution in [0.15, 0.2) is 23.3 Å². The Morgan fingerprint density at radius 3 is 2.65 bits per heavy atom. The van der Waals surface area contributed by atoms with Crippen molar-refractivity contribution in [2.24, 2.45) is 16.8 Å². The van der Waals surface area contributed by atoms with Crippen LogP contribution in [0.4, 0.5) is 5.69 Å². The van der Waals surface area contributed by atoms with E-state index in [4.69, 9.17) is 21.2 Å². The molecule has 0 aliphatic rings. The van der Waals surface area contributed by atoms with Gasteiger partial charge in [0.15, 0.2) is 0 Å². The fourth-order valence-corrected chi connectivity index (χ4v) is 1.56. The maximum atomic E-state index is 5.90. The summed E-state index contributed by atoms with van der Waals surface area (Å²) >= 11 is 0. The number of methoxy groups -OCH3 is 2. The molecule has 0 aliphatic carbocycles. The van der Waals surface area contributed by atoms with Crippen LogP contribution in [0.1, 0.15) is 11.1 Å². The number of nitrogens with zero attached hydrogens (tertiary/aromatic N) is 2. The summed E-state index contributed by atoms with van der Waals surface area (Å²) in [5.41, 5.74) is 2.79. The number of rotatable bonds is 3. The maximum absolute atomic E-state index is 5.90. The standard InChI is InChI=1S/C11H18N4O2/c1-8-5-4-6-10(9(8)7-16-2)15(13)11(14-12)17-3/h4-6H,7,12-13H2,1-3H3/b14-11+. The lowest BCUT2D eigenvalue weighted by Crippen LogP contribution is -2.40. The van der Waals surface area contributed by atoms with Crippen molar-refractivity contribution >= 4 is 11.7 Å². The maximum Gasteiger partial charge on any atom is 0.328 e. The molecular formula is C11H18N4O2. The number of hydrogen-bond acceptors (Lipinski definition) is 5. The SMILES string of the molecule is COCc1c(C)cccc1N(N)/C(=N\N)OC. The number of aryl methyl sites for hydroxylation is 1. The molecule has 94 valence electrons. The molecule has 0 unspecified atom stereocenters. The largest absolute Gasteiger partial charge is 0.466 e. The second kappa shape index (κ2) is 6.07. The Bertz CT molecular complexity index is 406. The summed E-state index contributed by atoms with van der Waals surface area (Å²) in [4.78, 5) is 0. The van der Waals surface area contributed by atoms with E-state index in [0.29, 0.717) is 6.61 Å². The van der Waals surface area contributed by atoms with Crippen molar-refractivity contribution in [3.8, 4) is 0 Å². The minimum atomic E-state index is 0.132. The molecule has 0 bridgehead atoms. The predicted octanol–water partition coefficient (Wildman–Crippen LogP) is 0.698. The Hall–Kier alpha value is -1.79. The molecule has 0 amide bonds. The van der Waals surface area contributed by atoms with Gasteiger partial charge in [0.1, 0.15) is 0 Å². The van der Waals surface area contributed by atoms with Crippen molar-refractivity contribution in [3.63, 3.8) is 0 Å².